The highest BCUT2D eigenvalue weighted by Crippen LogP contribution is 2.34. The Morgan fingerprint density at radius 3 is 2.62 bits per heavy atom. The van der Waals surface area contributed by atoms with Gasteiger partial charge in [-0.3, -0.25) is 4.57 Å². The van der Waals surface area contributed by atoms with Gasteiger partial charge >= 0.3 is 7.60 Å². The van der Waals surface area contributed by atoms with Crippen molar-refractivity contribution in [3.05, 3.63) is 35.9 Å². The summed E-state index contributed by atoms with van der Waals surface area (Å²) in [5.74, 6) is 0. The van der Waals surface area contributed by atoms with Gasteiger partial charge in [-0.1, -0.05) is 30.3 Å². The van der Waals surface area contributed by atoms with E-state index < -0.39 is 7.60 Å². The molecule has 0 bridgehead atoms. The highest BCUT2D eigenvalue weighted by Gasteiger charge is 2.08. The first kappa shape index (κ1) is 10.4. The van der Waals surface area contributed by atoms with Gasteiger partial charge in [0.05, 0.1) is 0 Å². The van der Waals surface area contributed by atoms with Crippen LogP contribution in [-0.2, 0) is 15.7 Å². The third-order valence-electron chi connectivity index (χ3n) is 1.35. The van der Waals surface area contributed by atoms with E-state index in [1.165, 1.54) is 0 Å². The number of benzene rings is 1. The van der Waals surface area contributed by atoms with Crippen molar-refractivity contribution in [3.8, 4) is 0 Å². The highest BCUT2D eigenvalue weighted by molar-refractivity contribution is 7.51. The molecule has 5 heteroatoms. The second-order valence-electron chi connectivity index (χ2n) is 2.70. The third-order valence-corrected chi connectivity index (χ3v) is 1.82. The molecule has 1 unspecified atom stereocenters. The van der Waals surface area contributed by atoms with Gasteiger partial charge in [0, 0.05) is 13.2 Å². The SMILES string of the molecule is CP(=O)(O)ONCc1ccccc1. The zero-order chi connectivity index (χ0) is 9.73. The van der Waals surface area contributed by atoms with Gasteiger partial charge in [0.2, 0.25) is 0 Å². The van der Waals surface area contributed by atoms with Crippen molar-refractivity contribution in [1.82, 2.24) is 5.48 Å². The van der Waals surface area contributed by atoms with Crippen molar-refractivity contribution < 1.29 is 14.1 Å². The normalized spacial score (nSPS) is 15.2. The van der Waals surface area contributed by atoms with Crippen LogP contribution in [0.4, 0.5) is 0 Å². The summed E-state index contributed by atoms with van der Waals surface area (Å²) >= 11 is 0. The Morgan fingerprint density at radius 2 is 2.08 bits per heavy atom. The van der Waals surface area contributed by atoms with Crippen LogP contribution in [0.2, 0.25) is 0 Å². The molecule has 4 nitrogen and oxygen atoms in total. The van der Waals surface area contributed by atoms with Gasteiger partial charge in [-0.15, -0.1) is 0 Å². The van der Waals surface area contributed by atoms with Crippen molar-refractivity contribution in [2.75, 3.05) is 6.66 Å². The van der Waals surface area contributed by atoms with Crippen LogP contribution in [0.25, 0.3) is 0 Å². The average Bonchev–Trinajstić information content (AvgIpc) is 2.04. The van der Waals surface area contributed by atoms with E-state index in [4.69, 9.17) is 4.89 Å². The summed E-state index contributed by atoms with van der Waals surface area (Å²) in [7, 11) is -3.41. The Morgan fingerprint density at radius 1 is 1.46 bits per heavy atom. The molecule has 0 aliphatic heterocycles. The maximum Gasteiger partial charge on any atom is 0.341 e. The van der Waals surface area contributed by atoms with E-state index in [9.17, 15) is 4.57 Å². The molecule has 0 aliphatic rings. The Bertz CT molecular complexity index is 296. The quantitative estimate of drug-likeness (QED) is 0.572. The minimum Gasteiger partial charge on any atom is -0.324 e. The molecule has 0 saturated carbocycles. The summed E-state index contributed by atoms with van der Waals surface area (Å²) in [6.07, 6.45) is 0. The van der Waals surface area contributed by atoms with Crippen LogP contribution < -0.4 is 5.48 Å². The van der Waals surface area contributed by atoms with Crippen molar-refractivity contribution in [2.45, 2.75) is 6.54 Å². The van der Waals surface area contributed by atoms with E-state index in [0.717, 1.165) is 12.2 Å². The molecule has 2 N–H and O–H groups in total. The van der Waals surface area contributed by atoms with Crippen LogP contribution in [0.15, 0.2) is 30.3 Å². The number of hydroxylamine groups is 1. The molecule has 1 aromatic carbocycles. The molecule has 0 radical (unpaired) electrons. The number of rotatable bonds is 4. The van der Waals surface area contributed by atoms with Crippen molar-refractivity contribution in [2.24, 2.45) is 0 Å². The Labute approximate surface area is 77.0 Å². The minimum absolute atomic E-state index is 0.416. The van der Waals surface area contributed by atoms with Gasteiger partial charge < -0.3 is 4.89 Å². The first-order valence-electron chi connectivity index (χ1n) is 3.83. The molecule has 1 aromatic rings. The van der Waals surface area contributed by atoms with Crippen molar-refractivity contribution in [3.63, 3.8) is 0 Å². The molecule has 0 amide bonds. The summed E-state index contributed by atoms with van der Waals surface area (Å²) in [5, 5.41) is 0. The van der Waals surface area contributed by atoms with Gasteiger partial charge in [-0.05, 0) is 5.56 Å². The van der Waals surface area contributed by atoms with Gasteiger partial charge in [-0.2, -0.15) is 5.48 Å². The van der Waals surface area contributed by atoms with E-state index in [-0.39, 0.29) is 0 Å². The maximum absolute atomic E-state index is 10.7. The standard InChI is InChI=1S/C8H12NO3P/c1-13(10,11)12-9-7-8-5-3-2-4-6-8/h2-6,9H,7H2,1H3,(H,10,11). The van der Waals surface area contributed by atoms with Gasteiger partial charge in [-0.25, -0.2) is 4.62 Å². The molecule has 0 heterocycles. The van der Waals surface area contributed by atoms with Gasteiger partial charge in [0.1, 0.15) is 0 Å². The average molecular weight is 201 g/mol. The maximum atomic E-state index is 10.7. The first-order valence-corrected chi connectivity index (χ1v) is 5.86. The summed E-state index contributed by atoms with van der Waals surface area (Å²) in [6.45, 7) is 1.55. The molecule has 13 heavy (non-hydrogen) atoms. The zero-order valence-corrected chi connectivity index (χ0v) is 8.20. The van der Waals surface area contributed by atoms with E-state index in [0.29, 0.717) is 6.54 Å². The predicted molar refractivity (Wildman–Crippen MR) is 50.1 cm³/mol. The lowest BCUT2D eigenvalue weighted by Crippen LogP contribution is -2.11. The Kier molecular flexibility index (Phi) is 3.63. The second kappa shape index (κ2) is 4.53. The summed E-state index contributed by atoms with van der Waals surface area (Å²) in [6, 6.07) is 9.48. The van der Waals surface area contributed by atoms with Crippen LogP contribution in [0.3, 0.4) is 0 Å². The number of hydrogen-bond acceptors (Lipinski definition) is 3. The molecule has 1 atom stereocenters. The van der Waals surface area contributed by atoms with Crippen molar-refractivity contribution >= 4 is 7.60 Å². The molecule has 0 spiro atoms. The van der Waals surface area contributed by atoms with E-state index in [2.05, 4.69) is 10.1 Å². The lowest BCUT2D eigenvalue weighted by Gasteiger charge is -2.07. The van der Waals surface area contributed by atoms with E-state index in [1.807, 2.05) is 30.3 Å². The van der Waals surface area contributed by atoms with Crippen LogP contribution in [0.1, 0.15) is 5.56 Å². The molecule has 0 aliphatic carbocycles. The Hall–Kier alpha value is -0.670. The van der Waals surface area contributed by atoms with E-state index in [1.54, 1.807) is 0 Å². The zero-order valence-electron chi connectivity index (χ0n) is 7.30. The topological polar surface area (TPSA) is 58.6 Å². The summed E-state index contributed by atoms with van der Waals surface area (Å²) in [5.41, 5.74) is 3.42. The largest absolute Gasteiger partial charge is 0.341 e. The Balaban J connectivity index is 2.33. The van der Waals surface area contributed by atoms with Crippen LogP contribution in [0, 0.1) is 0 Å². The fourth-order valence-electron chi connectivity index (χ4n) is 0.831. The number of hydrogen-bond donors (Lipinski definition) is 2. The molecular weight excluding hydrogens is 189 g/mol. The molecule has 0 aromatic heterocycles. The summed E-state index contributed by atoms with van der Waals surface area (Å²) < 4.78 is 15.2. The van der Waals surface area contributed by atoms with Crippen molar-refractivity contribution in [1.29, 1.82) is 0 Å². The molecule has 72 valence electrons. The minimum atomic E-state index is -3.41. The smallest absolute Gasteiger partial charge is 0.324 e. The molecule has 1 rings (SSSR count). The van der Waals surface area contributed by atoms with E-state index >= 15 is 0 Å². The van der Waals surface area contributed by atoms with Crippen LogP contribution >= 0.6 is 7.60 Å². The first-order chi connectivity index (χ1) is 6.08. The lowest BCUT2D eigenvalue weighted by molar-refractivity contribution is 0.165. The monoisotopic (exact) mass is 201 g/mol. The predicted octanol–water partition coefficient (Wildman–Crippen LogP) is 1.52. The van der Waals surface area contributed by atoms with Crippen LogP contribution in [-0.4, -0.2) is 11.6 Å². The molecule has 0 saturated heterocycles. The van der Waals surface area contributed by atoms with Gasteiger partial charge in [0.15, 0.2) is 0 Å². The fourth-order valence-corrected chi connectivity index (χ4v) is 1.14. The van der Waals surface area contributed by atoms with Crippen LogP contribution in [0.5, 0.6) is 0 Å². The van der Waals surface area contributed by atoms with Gasteiger partial charge in [0.25, 0.3) is 0 Å². The molecule has 0 fully saturated rings. The second-order valence-corrected chi connectivity index (χ2v) is 4.49. The third kappa shape index (κ3) is 4.80. The highest BCUT2D eigenvalue weighted by atomic mass is 31.2. The fraction of sp³-hybridized carbons (Fsp3) is 0.250. The molecular formula is C8H12NO3P. The lowest BCUT2D eigenvalue weighted by atomic mass is 10.2. The summed E-state index contributed by atoms with van der Waals surface area (Å²) in [4.78, 5) is 8.77. The number of nitrogens with one attached hydrogen (secondary N) is 1.